The van der Waals surface area contributed by atoms with Gasteiger partial charge in [-0.15, -0.1) is 0 Å². The van der Waals surface area contributed by atoms with Crippen LogP contribution in [0.4, 0.5) is 26.3 Å². The Kier molecular flexibility index (Phi) is 6.21. The summed E-state index contributed by atoms with van der Waals surface area (Å²) < 4.78 is 80.9. The Labute approximate surface area is 225 Å². The number of carbonyl (C=O) groups is 4. The molecule has 15 heteroatoms. The van der Waals surface area contributed by atoms with Crippen molar-refractivity contribution >= 4 is 23.6 Å². The largest absolute Gasteiger partial charge is 0.471 e. The number of nitrogens with zero attached hydrogens (tertiary/aromatic N) is 2. The number of alkyl halides is 6. The van der Waals surface area contributed by atoms with E-state index in [9.17, 15) is 50.8 Å². The summed E-state index contributed by atoms with van der Waals surface area (Å²) in [5, 5.41) is 16.3. The van der Waals surface area contributed by atoms with Gasteiger partial charge in [0.25, 0.3) is 0 Å². The van der Waals surface area contributed by atoms with Gasteiger partial charge in [0, 0.05) is 18.0 Å². The zero-order chi connectivity index (χ0) is 29.6. The number of hydrogen-bond donors (Lipinski definition) is 3. The number of amides is 4. The van der Waals surface area contributed by atoms with Crippen LogP contribution in [-0.4, -0.2) is 71.1 Å². The van der Waals surface area contributed by atoms with Gasteiger partial charge in [0.05, 0.1) is 11.5 Å². The van der Waals surface area contributed by atoms with Crippen molar-refractivity contribution < 1.29 is 45.5 Å². The van der Waals surface area contributed by atoms with Crippen LogP contribution in [0.5, 0.6) is 0 Å². The minimum absolute atomic E-state index is 0.00454. The highest BCUT2D eigenvalue weighted by Crippen LogP contribution is 2.66. The summed E-state index contributed by atoms with van der Waals surface area (Å²) in [5.74, 6) is -6.53. The fourth-order valence-electron chi connectivity index (χ4n) is 6.83. The molecule has 3 N–H and O–H groups in total. The first-order chi connectivity index (χ1) is 18.4. The molecule has 5 aliphatic rings. The summed E-state index contributed by atoms with van der Waals surface area (Å²) in [6.07, 6.45) is -9.79. The van der Waals surface area contributed by atoms with Crippen molar-refractivity contribution in [2.75, 3.05) is 6.54 Å². The summed E-state index contributed by atoms with van der Waals surface area (Å²) in [6.45, 7) is 3.40. The molecule has 0 aromatic heterocycles. The van der Waals surface area contributed by atoms with Gasteiger partial charge >= 0.3 is 18.3 Å². The fourth-order valence-corrected chi connectivity index (χ4v) is 6.83. The number of nitrogens with one attached hydrogen (secondary N) is 3. The lowest BCUT2D eigenvalue weighted by Crippen LogP contribution is -2.62. The first kappa shape index (κ1) is 28.5. The monoisotopic (exact) mass is 577 g/mol. The van der Waals surface area contributed by atoms with Crippen LogP contribution in [0.25, 0.3) is 0 Å². The number of rotatable bonds is 7. The summed E-state index contributed by atoms with van der Waals surface area (Å²) in [7, 11) is 0. The van der Waals surface area contributed by atoms with E-state index in [-0.39, 0.29) is 30.3 Å². The predicted octanol–water partition coefficient (Wildman–Crippen LogP) is 1.93. The van der Waals surface area contributed by atoms with Crippen LogP contribution in [-0.2, 0) is 19.2 Å². The van der Waals surface area contributed by atoms with Crippen molar-refractivity contribution in [3.63, 3.8) is 0 Å². The van der Waals surface area contributed by atoms with Crippen molar-refractivity contribution in [2.24, 2.45) is 28.6 Å². The van der Waals surface area contributed by atoms with Crippen LogP contribution < -0.4 is 16.0 Å². The van der Waals surface area contributed by atoms with E-state index in [0.717, 1.165) is 17.7 Å². The quantitative estimate of drug-likeness (QED) is 0.398. The van der Waals surface area contributed by atoms with Gasteiger partial charge in [0.2, 0.25) is 17.7 Å². The third-order valence-corrected chi connectivity index (χ3v) is 9.69. The molecule has 4 amide bonds. The van der Waals surface area contributed by atoms with Crippen molar-refractivity contribution in [3.05, 3.63) is 0 Å². The number of likely N-dealkylation sites (tertiary alicyclic amines) is 1. The molecule has 0 bridgehead atoms. The molecule has 1 unspecified atom stereocenters. The van der Waals surface area contributed by atoms with E-state index in [2.05, 4.69) is 10.6 Å². The number of nitriles is 1. The van der Waals surface area contributed by atoms with E-state index in [0.29, 0.717) is 6.42 Å². The second-order valence-corrected chi connectivity index (χ2v) is 12.5. The molecule has 3 aliphatic carbocycles. The molecule has 1 spiro atoms. The lowest BCUT2D eigenvalue weighted by molar-refractivity contribution is -0.204. The molecule has 2 saturated heterocycles. The van der Waals surface area contributed by atoms with E-state index in [4.69, 9.17) is 0 Å². The number of hydrogen-bond acceptors (Lipinski definition) is 5. The number of carbonyl (C=O) groups excluding carboxylic acids is 4. The number of halogens is 6. The molecule has 3 saturated carbocycles. The van der Waals surface area contributed by atoms with Crippen molar-refractivity contribution in [2.45, 2.75) is 88.4 Å². The maximum Gasteiger partial charge on any atom is 0.471 e. The SMILES string of the molecule is CC1(C)[C@@H]2[C@@H](C(=O)N[C@H](C#N)C[C@@H]3CC4(CC4)NC3=O)N(C(=O)C(NC(=O)C(F)(F)F)C3(C(F)(F)F)CC3)C[C@@H]21. The molecule has 220 valence electrons. The van der Waals surface area contributed by atoms with E-state index in [1.807, 2.05) is 6.07 Å². The van der Waals surface area contributed by atoms with Crippen molar-refractivity contribution in [1.29, 1.82) is 5.26 Å². The van der Waals surface area contributed by atoms with E-state index in [1.165, 1.54) is 5.32 Å². The minimum Gasteiger partial charge on any atom is -0.350 e. The molecule has 0 aromatic rings. The highest BCUT2D eigenvalue weighted by Gasteiger charge is 2.74. The highest BCUT2D eigenvalue weighted by atomic mass is 19.4. The Balaban J connectivity index is 1.36. The van der Waals surface area contributed by atoms with Gasteiger partial charge in [0.15, 0.2) is 0 Å². The number of piperidine rings is 1. The smallest absolute Gasteiger partial charge is 0.350 e. The van der Waals surface area contributed by atoms with Gasteiger partial charge in [-0.25, -0.2) is 0 Å². The van der Waals surface area contributed by atoms with E-state index < -0.39 is 83.7 Å². The molecule has 0 radical (unpaired) electrons. The normalized spacial score (nSPS) is 31.9. The zero-order valence-electron chi connectivity index (χ0n) is 21.7. The molecule has 5 rings (SSSR count). The maximum absolute atomic E-state index is 14.0. The predicted molar refractivity (Wildman–Crippen MR) is 122 cm³/mol. The molecule has 40 heavy (non-hydrogen) atoms. The van der Waals surface area contributed by atoms with Crippen molar-refractivity contribution in [3.8, 4) is 6.07 Å². The molecular formula is C25H29F6N5O4. The van der Waals surface area contributed by atoms with Gasteiger partial charge in [0.1, 0.15) is 18.1 Å². The summed E-state index contributed by atoms with van der Waals surface area (Å²) in [4.78, 5) is 51.8. The third kappa shape index (κ3) is 4.56. The Morgan fingerprint density at radius 2 is 1.73 bits per heavy atom. The lowest BCUT2D eigenvalue weighted by atomic mass is 9.92. The van der Waals surface area contributed by atoms with Gasteiger partial charge in [-0.2, -0.15) is 31.6 Å². The van der Waals surface area contributed by atoms with Crippen molar-refractivity contribution in [1.82, 2.24) is 20.9 Å². The topological polar surface area (TPSA) is 131 Å². The standard InChI is InChI=1S/C25H29F6N5O4/c1-21(2)13-10-36(19(39)16(34-20(40)24(26,27)28)23(5-6-23)25(29,30)31)15(14(13)21)18(38)33-12(9-32)7-11-8-22(3-4-22)35-17(11)37/h11-16H,3-8,10H2,1-2H3,(H,33,38)(H,34,40)(H,35,37)/t11-,12+,13+,14+,15+,16?/m1/s1. The summed E-state index contributed by atoms with van der Waals surface area (Å²) in [6, 6.07) is -3.14. The second kappa shape index (κ2) is 8.72. The van der Waals surface area contributed by atoms with Crippen LogP contribution >= 0.6 is 0 Å². The Bertz CT molecular complexity index is 1190. The molecule has 0 aromatic carbocycles. The Morgan fingerprint density at radius 1 is 1.10 bits per heavy atom. The van der Waals surface area contributed by atoms with E-state index in [1.54, 1.807) is 13.8 Å². The molecule has 9 nitrogen and oxygen atoms in total. The highest BCUT2D eigenvalue weighted by molar-refractivity contribution is 5.95. The van der Waals surface area contributed by atoms with Gasteiger partial charge in [-0.3, -0.25) is 19.2 Å². The first-order valence-corrected chi connectivity index (χ1v) is 13.1. The molecule has 5 fully saturated rings. The Hall–Kier alpha value is -3.05. The average molecular weight is 578 g/mol. The first-order valence-electron chi connectivity index (χ1n) is 13.1. The Morgan fingerprint density at radius 3 is 2.20 bits per heavy atom. The van der Waals surface area contributed by atoms with Crippen LogP contribution in [0.2, 0.25) is 0 Å². The third-order valence-electron chi connectivity index (χ3n) is 9.69. The maximum atomic E-state index is 14.0. The van der Waals surface area contributed by atoms with E-state index >= 15 is 0 Å². The van der Waals surface area contributed by atoms with Gasteiger partial charge < -0.3 is 20.9 Å². The second-order valence-electron chi connectivity index (χ2n) is 12.5. The van der Waals surface area contributed by atoms with Crippen LogP contribution in [0, 0.1) is 39.9 Å². The minimum atomic E-state index is -5.53. The summed E-state index contributed by atoms with van der Waals surface area (Å²) >= 11 is 0. The fraction of sp³-hybridized carbons (Fsp3) is 0.800. The summed E-state index contributed by atoms with van der Waals surface area (Å²) in [5.41, 5.74) is -3.63. The van der Waals surface area contributed by atoms with Gasteiger partial charge in [-0.05, 0) is 55.8 Å². The lowest BCUT2D eigenvalue weighted by Gasteiger charge is -2.36. The van der Waals surface area contributed by atoms with Crippen LogP contribution in [0.15, 0.2) is 0 Å². The molecule has 2 aliphatic heterocycles. The average Bonchev–Trinajstić information content (AvgIpc) is 3.78. The molecule has 6 atom stereocenters. The van der Waals surface area contributed by atoms with Gasteiger partial charge in [-0.1, -0.05) is 13.8 Å². The van der Waals surface area contributed by atoms with Crippen LogP contribution in [0.1, 0.15) is 52.4 Å². The molecular weight excluding hydrogens is 548 g/mol. The zero-order valence-corrected chi connectivity index (χ0v) is 21.7. The molecule has 2 heterocycles. The van der Waals surface area contributed by atoms with Crippen LogP contribution in [0.3, 0.4) is 0 Å². The number of fused-ring (bicyclic) bond motifs is 1.